The predicted octanol–water partition coefficient (Wildman–Crippen LogP) is 1.86. The summed E-state index contributed by atoms with van der Waals surface area (Å²) in [4.78, 5) is 0. The van der Waals surface area contributed by atoms with Gasteiger partial charge >= 0.3 is 0 Å². The van der Waals surface area contributed by atoms with E-state index in [9.17, 15) is 8.42 Å². The molecule has 21 heavy (non-hydrogen) atoms. The number of benzene rings is 1. The second kappa shape index (κ2) is 5.77. The Kier molecular flexibility index (Phi) is 4.22. The van der Waals surface area contributed by atoms with Gasteiger partial charge < -0.3 is 5.73 Å². The van der Waals surface area contributed by atoms with Gasteiger partial charge in [-0.3, -0.25) is 4.72 Å². The van der Waals surface area contributed by atoms with Crippen molar-refractivity contribution in [1.82, 2.24) is 9.78 Å². The van der Waals surface area contributed by atoms with E-state index in [1.165, 1.54) is 4.68 Å². The van der Waals surface area contributed by atoms with Gasteiger partial charge in [0, 0.05) is 7.05 Å². The molecule has 0 aliphatic rings. The number of nitrogen functional groups attached to an aromatic ring is 1. The van der Waals surface area contributed by atoms with Gasteiger partial charge in [-0.05, 0) is 18.4 Å². The van der Waals surface area contributed by atoms with Gasteiger partial charge in [-0.2, -0.15) is 5.10 Å². The molecule has 1 heterocycles. The fraction of sp³-hybridized carbons (Fsp3) is 0.357. The molecule has 1 atom stereocenters. The van der Waals surface area contributed by atoms with E-state index in [1.807, 2.05) is 37.3 Å². The van der Waals surface area contributed by atoms with Crippen molar-refractivity contribution in [3.63, 3.8) is 0 Å². The van der Waals surface area contributed by atoms with Crippen LogP contribution in [0.25, 0.3) is 0 Å². The summed E-state index contributed by atoms with van der Waals surface area (Å²) in [5.41, 5.74) is 7.78. The molecule has 0 saturated heterocycles. The number of rotatable bonds is 5. The minimum Gasteiger partial charge on any atom is -0.394 e. The zero-order valence-corrected chi connectivity index (χ0v) is 13.2. The van der Waals surface area contributed by atoms with Crippen molar-refractivity contribution in [1.29, 1.82) is 0 Å². The van der Waals surface area contributed by atoms with Crippen LogP contribution in [0.15, 0.2) is 30.3 Å². The van der Waals surface area contributed by atoms with Gasteiger partial charge in [0.15, 0.2) is 5.82 Å². The minimum atomic E-state index is -3.50. The number of anilines is 2. The molecule has 1 aromatic heterocycles. The number of aryl methyl sites for hydroxylation is 2. The third-order valence-corrected chi connectivity index (χ3v) is 4.80. The molecule has 0 aliphatic carbocycles. The molecule has 0 amide bonds. The average molecular weight is 308 g/mol. The van der Waals surface area contributed by atoms with E-state index in [0.29, 0.717) is 17.2 Å². The predicted molar refractivity (Wildman–Crippen MR) is 84.6 cm³/mol. The summed E-state index contributed by atoms with van der Waals surface area (Å²) >= 11 is 0. The van der Waals surface area contributed by atoms with Gasteiger partial charge in [-0.15, -0.1) is 0 Å². The molecule has 1 unspecified atom stereocenters. The number of nitrogens with zero attached hydrogens (tertiary/aromatic N) is 2. The lowest BCUT2D eigenvalue weighted by Gasteiger charge is -2.14. The summed E-state index contributed by atoms with van der Waals surface area (Å²) in [7, 11) is -1.85. The Morgan fingerprint density at radius 3 is 2.48 bits per heavy atom. The molecule has 3 N–H and O–H groups in total. The highest BCUT2D eigenvalue weighted by molar-refractivity contribution is 7.92. The average Bonchev–Trinajstić information content (AvgIpc) is 2.65. The molecular formula is C14H20N4O2S. The van der Waals surface area contributed by atoms with Gasteiger partial charge in [0.1, 0.15) is 0 Å². The number of hydrogen-bond acceptors (Lipinski definition) is 4. The topological polar surface area (TPSA) is 90.0 Å². The Morgan fingerprint density at radius 1 is 1.33 bits per heavy atom. The van der Waals surface area contributed by atoms with Gasteiger partial charge in [0.2, 0.25) is 10.0 Å². The minimum absolute atomic E-state index is 0.0132. The monoisotopic (exact) mass is 308 g/mol. The molecule has 7 heteroatoms. The van der Waals surface area contributed by atoms with Crippen molar-refractivity contribution in [2.45, 2.75) is 19.8 Å². The van der Waals surface area contributed by atoms with E-state index in [0.717, 1.165) is 5.56 Å². The third-order valence-electron chi connectivity index (χ3n) is 3.36. The Bertz CT molecular complexity index is 723. The van der Waals surface area contributed by atoms with E-state index in [4.69, 9.17) is 5.73 Å². The van der Waals surface area contributed by atoms with Crippen LogP contribution in [0.4, 0.5) is 11.5 Å². The summed E-state index contributed by atoms with van der Waals surface area (Å²) in [5.74, 6) is 0.188. The number of nitrogens with one attached hydrogen (secondary N) is 1. The standard InChI is InChI=1S/C14H20N4O2S/c1-10(12-7-5-4-6-8-12)9-21(19,20)17-14-13(15)11(2)16-18(14)3/h4-8,10,17H,9,15H2,1-3H3. The molecule has 0 bridgehead atoms. The second-order valence-electron chi connectivity index (χ2n) is 5.17. The first-order valence-corrected chi connectivity index (χ1v) is 8.30. The van der Waals surface area contributed by atoms with Gasteiger partial charge in [0.25, 0.3) is 0 Å². The zero-order chi connectivity index (χ0) is 15.6. The quantitative estimate of drug-likeness (QED) is 0.882. The van der Waals surface area contributed by atoms with E-state index < -0.39 is 10.0 Å². The third kappa shape index (κ3) is 3.55. The van der Waals surface area contributed by atoms with Crippen LogP contribution in [-0.4, -0.2) is 24.0 Å². The summed E-state index contributed by atoms with van der Waals surface area (Å²) in [6.07, 6.45) is 0. The molecule has 6 nitrogen and oxygen atoms in total. The smallest absolute Gasteiger partial charge is 0.234 e. The van der Waals surface area contributed by atoms with E-state index in [1.54, 1.807) is 14.0 Å². The summed E-state index contributed by atoms with van der Waals surface area (Å²) < 4.78 is 28.5. The fourth-order valence-corrected chi connectivity index (χ4v) is 3.66. The number of nitrogens with two attached hydrogens (primary N) is 1. The van der Waals surface area contributed by atoms with Crippen LogP contribution in [-0.2, 0) is 17.1 Å². The van der Waals surface area contributed by atoms with Crippen molar-refractivity contribution in [3.8, 4) is 0 Å². The van der Waals surface area contributed by atoms with Gasteiger partial charge in [-0.25, -0.2) is 13.1 Å². The van der Waals surface area contributed by atoms with Crippen LogP contribution >= 0.6 is 0 Å². The lowest BCUT2D eigenvalue weighted by molar-refractivity contribution is 0.594. The SMILES string of the molecule is Cc1nn(C)c(NS(=O)(=O)CC(C)c2ccccc2)c1N. The van der Waals surface area contributed by atoms with Gasteiger partial charge in [0.05, 0.1) is 17.1 Å². The maximum Gasteiger partial charge on any atom is 0.234 e. The van der Waals surface area contributed by atoms with E-state index in [2.05, 4.69) is 9.82 Å². The molecule has 2 rings (SSSR count). The lowest BCUT2D eigenvalue weighted by Crippen LogP contribution is -2.22. The van der Waals surface area contributed by atoms with Crippen molar-refractivity contribution in [2.24, 2.45) is 7.05 Å². The summed E-state index contributed by atoms with van der Waals surface area (Å²) in [6, 6.07) is 9.54. The Labute approximate surface area is 125 Å². The molecule has 2 aromatic rings. The molecule has 0 spiro atoms. The highest BCUT2D eigenvalue weighted by Gasteiger charge is 2.20. The normalized spacial score (nSPS) is 13.1. The van der Waals surface area contributed by atoms with Crippen molar-refractivity contribution >= 4 is 21.5 Å². The number of sulfonamides is 1. The summed E-state index contributed by atoms with van der Waals surface area (Å²) in [5, 5.41) is 4.10. The molecular weight excluding hydrogens is 288 g/mol. The Hall–Kier alpha value is -2.02. The second-order valence-corrected chi connectivity index (χ2v) is 6.93. The maximum atomic E-state index is 12.3. The van der Waals surface area contributed by atoms with E-state index >= 15 is 0 Å². The summed E-state index contributed by atoms with van der Waals surface area (Å²) in [6.45, 7) is 3.62. The van der Waals surface area contributed by atoms with Gasteiger partial charge in [-0.1, -0.05) is 37.3 Å². The first-order valence-electron chi connectivity index (χ1n) is 6.64. The Balaban J connectivity index is 2.16. The van der Waals surface area contributed by atoms with Crippen molar-refractivity contribution in [2.75, 3.05) is 16.2 Å². The van der Waals surface area contributed by atoms with Crippen LogP contribution in [0.2, 0.25) is 0 Å². The zero-order valence-electron chi connectivity index (χ0n) is 12.4. The van der Waals surface area contributed by atoms with Crippen LogP contribution in [0.1, 0.15) is 24.1 Å². The van der Waals surface area contributed by atoms with Crippen molar-refractivity contribution in [3.05, 3.63) is 41.6 Å². The molecule has 0 aliphatic heterocycles. The number of aromatic nitrogens is 2. The first-order chi connectivity index (χ1) is 9.80. The molecule has 0 saturated carbocycles. The molecule has 0 radical (unpaired) electrons. The van der Waals surface area contributed by atoms with Crippen LogP contribution in [0.3, 0.4) is 0 Å². The number of hydrogen-bond donors (Lipinski definition) is 2. The molecule has 1 aromatic carbocycles. The van der Waals surface area contributed by atoms with Crippen molar-refractivity contribution < 1.29 is 8.42 Å². The lowest BCUT2D eigenvalue weighted by atomic mass is 10.0. The largest absolute Gasteiger partial charge is 0.394 e. The van der Waals surface area contributed by atoms with Crippen LogP contribution in [0.5, 0.6) is 0 Å². The van der Waals surface area contributed by atoms with Crippen LogP contribution < -0.4 is 10.5 Å². The molecule has 114 valence electrons. The van der Waals surface area contributed by atoms with Crippen LogP contribution in [0, 0.1) is 6.92 Å². The maximum absolute atomic E-state index is 12.3. The first kappa shape index (κ1) is 15.4. The highest BCUT2D eigenvalue weighted by atomic mass is 32.2. The van der Waals surface area contributed by atoms with E-state index in [-0.39, 0.29) is 11.7 Å². The fourth-order valence-electron chi connectivity index (χ4n) is 2.19. The Morgan fingerprint density at radius 2 is 1.95 bits per heavy atom. The highest BCUT2D eigenvalue weighted by Crippen LogP contribution is 2.24. The molecule has 0 fully saturated rings.